The summed E-state index contributed by atoms with van der Waals surface area (Å²) in [5, 5.41) is 11.9. The van der Waals surface area contributed by atoms with E-state index in [0.29, 0.717) is 32.6 Å². The number of carbonyl (C=O) groups is 2. The van der Waals surface area contributed by atoms with E-state index >= 15 is 0 Å². The molecule has 0 aliphatic rings. The summed E-state index contributed by atoms with van der Waals surface area (Å²) in [5.74, 6) is -0.866. The zero-order valence-corrected chi connectivity index (χ0v) is 12.4. The second-order valence-electron chi connectivity index (χ2n) is 4.57. The largest absolute Gasteiger partial charge is 0.481 e. The van der Waals surface area contributed by atoms with Gasteiger partial charge in [0.2, 0.25) is 0 Å². The van der Waals surface area contributed by atoms with E-state index in [-0.39, 0.29) is 12.6 Å². The molecule has 0 fully saturated rings. The van der Waals surface area contributed by atoms with E-state index in [0.717, 1.165) is 0 Å². The summed E-state index contributed by atoms with van der Waals surface area (Å²) in [6.07, 6.45) is 0.976. The molecule has 0 saturated heterocycles. The van der Waals surface area contributed by atoms with Crippen LogP contribution in [0.5, 0.6) is 0 Å². The van der Waals surface area contributed by atoms with Crippen LogP contribution in [0.1, 0.15) is 33.6 Å². The predicted octanol–water partition coefficient (Wildman–Crippen LogP) is 1.56. The van der Waals surface area contributed by atoms with E-state index < -0.39 is 11.4 Å². The van der Waals surface area contributed by atoms with Crippen molar-refractivity contribution in [1.82, 2.24) is 10.2 Å². The first-order valence-corrected chi connectivity index (χ1v) is 6.73. The highest BCUT2D eigenvalue weighted by molar-refractivity contribution is 5.78. The van der Waals surface area contributed by atoms with Gasteiger partial charge in [-0.1, -0.05) is 13.8 Å². The summed E-state index contributed by atoms with van der Waals surface area (Å²) < 4.78 is 5.16. The van der Waals surface area contributed by atoms with E-state index in [9.17, 15) is 14.7 Å². The minimum atomic E-state index is -0.879. The average molecular weight is 274 g/mol. The van der Waals surface area contributed by atoms with Crippen LogP contribution in [0.2, 0.25) is 0 Å². The van der Waals surface area contributed by atoms with Crippen LogP contribution in [0.3, 0.4) is 0 Å². The summed E-state index contributed by atoms with van der Waals surface area (Å²) >= 11 is 0. The van der Waals surface area contributed by atoms with Gasteiger partial charge in [0.1, 0.15) is 0 Å². The molecule has 0 aromatic heterocycles. The Balaban J connectivity index is 4.29. The SMILES string of the molecule is CCOCCN(C)C(=O)NCC(CC)(CC)C(=O)O. The molecule has 6 nitrogen and oxygen atoms in total. The van der Waals surface area contributed by atoms with Crippen molar-refractivity contribution in [3.8, 4) is 0 Å². The molecular weight excluding hydrogens is 248 g/mol. The Labute approximate surface area is 115 Å². The van der Waals surface area contributed by atoms with Gasteiger partial charge in [-0.2, -0.15) is 0 Å². The fourth-order valence-electron chi connectivity index (χ4n) is 1.71. The molecule has 0 heterocycles. The van der Waals surface area contributed by atoms with Gasteiger partial charge in [-0.25, -0.2) is 4.79 Å². The maximum atomic E-state index is 11.8. The molecular formula is C13H26N2O4. The topological polar surface area (TPSA) is 78.9 Å². The minimum Gasteiger partial charge on any atom is -0.481 e. The molecule has 0 atom stereocenters. The number of carboxylic acids is 1. The average Bonchev–Trinajstić information content (AvgIpc) is 2.40. The Kier molecular flexibility index (Phi) is 8.14. The molecule has 0 unspecified atom stereocenters. The van der Waals surface area contributed by atoms with Crippen LogP contribution in [0.15, 0.2) is 0 Å². The van der Waals surface area contributed by atoms with Gasteiger partial charge >= 0.3 is 12.0 Å². The lowest BCUT2D eigenvalue weighted by Crippen LogP contribution is -2.46. The van der Waals surface area contributed by atoms with Gasteiger partial charge in [-0.15, -0.1) is 0 Å². The molecule has 0 aliphatic heterocycles. The number of nitrogens with one attached hydrogen (secondary N) is 1. The molecule has 0 aromatic rings. The van der Waals surface area contributed by atoms with Crippen molar-refractivity contribution in [2.45, 2.75) is 33.6 Å². The Morgan fingerprint density at radius 1 is 1.26 bits per heavy atom. The maximum absolute atomic E-state index is 11.8. The third kappa shape index (κ3) is 5.46. The number of hydrogen-bond acceptors (Lipinski definition) is 3. The highest BCUT2D eigenvalue weighted by Crippen LogP contribution is 2.25. The van der Waals surface area contributed by atoms with E-state index in [2.05, 4.69) is 5.32 Å². The number of ether oxygens (including phenoxy) is 1. The van der Waals surface area contributed by atoms with E-state index in [1.165, 1.54) is 4.90 Å². The lowest BCUT2D eigenvalue weighted by atomic mass is 9.82. The van der Waals surface area contributed by atoms with Crippen LogP contribution in [-0.2, 0) is 9.53 Å². The normalized spacial score (nSPS) is 11.2. The van der Waals surface area contributed by atoms with Crippen LogP contribution in [0.25, 0.3) is 0 Å². The maximum Gasteiger partial charge on any atom is 0.317 e. The van der Waals surface area contributed by atoms with E-state index in [4.69, 9.17) is 4.74 Å². The zero-order chi connectivity index (χ0) is 14.9. The predicted molar refractivity (Wildman–Crippen MR) is 73.2 cm³/mol. The van der Waals surface area contributed by atoms with Gasteiger partial charge in [0.15, 0.2) is 0 Å². The van der Waals surface area contributed by atoms with Gasteiger partial charge < -0.3 is 20.1 Å². The smallest absolute Gasteiger partial charge is 0.317 e. The number of carboxylic acid groups (broad SMARTS) is 1. The highest BCUT2D eigenvalue weighted by atomic mass is 16.5. The quantitative estimate of drug-likeness (QED) is 0.625. The summed E-state index contributed by atoms with van der Waals surface area (Å²) in [6.45, 7) is 7.26. The van der Waals surface area contributed by atoms with E-state index in [1.54, 1.807) is 7.05 Å². The van der Waals surface area contributed by atoms with Gasteiger partial charge in [-0.05, 0) is 19.8 Å². The molecule has 0 bridgehead atoms. The highest BCUT2D eigenvalue weighted by Gasteiger charge is 2.35. The molecule has 0 radical (unpaired) electrons. The number of rotatable bonds is 9. The van der Waals surface area contributed by atoms with Gasteiger partial charge in [0.25, 0.3) is 0 Å². The first-order valence-electron chi connectivity index (χ1n) is 6.73. The van der Waals surface area contributed by atoms with Crippen LogP contribution in [0.4, 0.5) is 4.79 Å². The second-order valence-corrected chi connectivity index (χ2v) is 4.57. The van der Waals surface area contributed by atoms with Crippen molar-refractivity contribution < 1.29 is 19.4 Å². The third-order valence-electron chi connectivity index (χ3n) is 3.51. The number of likely N-dealkylation sites (N-methyl/N-ethyl adjacent to an activating group) is 1. The first kappa shape index (κ1) is 17.7. The summed E-state index contributed by atoms with van der Waals surface area (Å²) in [6, 6.07) is -0.271. The molecule has 0 aromatic carbocycles. The van der Waals surface area contributed by atoms with Crippen molar-refractivity contribution >= 4 is 12.0 Å². The van der Waals surface area contributed by atoms with Crippen molar-refractivity contribution in [2.24, 2.45) is 5.41 Å². The summed E-state index contributed by atoms with van der Waals surface area (Å²) in [5.41, 5.74) is -0.879. The van der Waals surface area contributed by atoms with Crippen LogP contribution < -0.4 is 5.32 Å². The molecule has 19 heavy (non-hydrogen) atoms. The molecule has 0 rings (SSSR count). The van der Waals surface area contributed by atoms with Crippen LogP contribution in [-0.4, -0.2) is 55.4 Å². The van der Waals surface area contributed by atoms with Crippen LogP contribution in [0, 0.1) is 5.41 Å². The number of amides is 2. The fraction of sp³-hybridized carbons (Fsp3) is 0.846. The zero-order valence-electron chi connectivity index (χ0n) is 12.4. The van der Waals surface area contributed by atoms with Crippen molar-refractivity contribution in [3.63, 3.8) is 0 Å². The van der Waals surface area contributed by atoms with Crippen LogP contribution >= 0.6 is 0 Å². The fourth-order valence-corrected chi connectivity index (χ4v) is 1.71. The Hall–Kier alpha value is -1.30. The molecule has 6 heteroatoms. The van der Waals surface area contributed by atoms with Crippen molar-refractivity contribution in [1.29, 1.82) is 0 Å². The molecule has 112 valence electrons. The Morgan fingerprint density at radius 3 is 2.26 bits per heavy atom. The van der Waals surface area contributed by atoms with Gasteiger partial charge in [0, 0.05) is 26.7 Å². The number of hydrogen-bond donors (Lipinski definition) is 2. The lowest BCUT2D eigenvalue weighted by molar-refractivity contribution is -0.149. The lowest BCUT2D eigenvalue weighted by Gasteiger charge is -2.28. The Morgan fingerprint density at radius 2 is 1.84 bits per heavy atom. The van der Waals surface area contributed by atoms with Gasteiger partial charge in [-0.3, -0.25) is 4.79 Å². The number of nitrogens with zero attached hydrogens (tertiary/aromatic N) is 1. The van der Waals surface area contributed by atoms with Crippen molar-refractivity contribution in [3.05, 3.63) is 0 Å². The van der Waals surface area contributed by atoms with Gasteiger partial charge in [0.05, 0.1) is 12.0 Å². The Bertz CT molecular complexity index is 290. The molecule has 0 spiro atoms. The number of urea groups is 1. The standard InChI is InChI=1S/C13H26N2O4/c1-5-13(6-2,11(16)17)10-14-12(18)15(4)8-9-19-7-3/h5-10H2,1-4H3,(H,14,18)(H,16,17). The molecule has 2 N–H and O–H groups in total. The van der Waals surface area contributed by atoms with E-state index in [1.807, 2.05) is 20.8 Å². The minimum absolute atomic E-state index is 0.146. The third-order valence-corrected chi connectivity index (χ3v) is 3.51. The second kappa shape index (κ2) is 8.74. The number of carbonyl (C=O) groups excluding carboxylic acids is 1. The summed E-state index contributed by atoms with van der Waals surface area (Å²) in [4.78, 5) is 24.6. The van der Waals surface area contributed by atoms with Crippen molar-refractivity contribution in [2.75, 3.05) is 33.4 Å². The molecule has 0 saturated carbocycles. The first-order chi connectivity index (χ1) is 8.93. The molecule has 0 aliphatic carbocycles. The summed E-state index contributed by atoms with van der Waals surface area (Å²) in [7, 11) is 1.66. The monoisotopic (exact) mass is 274 g/mol. The number of aliphatic carboxylic acids is 1. The molecule has 2 amide bonds.